The normalized spacial score (nSPS) is 17.3. The van der Waals surface area contributed by atoms with E-state index in [9.17, 15) is 4.79 Å². The molecule has 1 aromatic carbocycles. The molecule has 1 saturated heterocycles. The van der Waals surface area contributed by atoms with Crippen LogP contribution in [0.25, 0.3) is 10.9 Å². The third-order valence-electron chi connectivity index (χ3n) is 5.96. The van der Waals surface area contributed by atoms with Crippen molar-refractivity contribution < 1.29 is 0 Å². The second kappa shape index (κ2) is 7.13. The van der Waals surface area contributed by atoms with Gasteiger partial charge in [-0.25, -0.2) is 4.98 Å². The summed E-state index contributed by atoms with van der Waals surface area (Å²) < 4.78 is 1.68. The van der Waals surface area contributed by atoms with E-state index in [0.29, 0.717) is 11.3 Å². The Hall–Kier alpha value is -2.96. The zero-order chi connectivity index (χ0) is 20.0. The minimum atomic E-state index is 0.0228. The first-order valence-electron chi connectivity index (χ1n) is 10.4. The highest BCUT2D eigenvalue weighted by atomic mass is 16.1. The molecule has 1 aliphatic heterocycles. The zero-order valence-electron chi connectivity index (χ0n) is 17.0. The lowest BCUT2D eigenvalue weighted by Crippen LogP contribution is -2.46. The number of piperazine rings is 1. The molecule has 3 aromatic rings. The van der Waals surface area contributed by atoms with Gasteiger partial charge in [0.15, 0.2) is 5.82 Å². The molecule has 7 heteroatoms. The Morgan fingerprint density at radius 3 is 2.38 bits per heavy atom. The van der Waals surface area contributed by atoms with Crippen LogP contribution in [0, 0.1) is 0 Å². The van der Waals surface area contributed by atoms with Crippen molar-refractivity contribution in [3.05, 3.63) is 52.7 Å². The molecule has 2 aliphatic rings. The molecule has 150 valence electrons. The summed E-state index contributed by atoms with van der Waals surface area (Å²) >= 11 is 0. The van der Waals surface area contributed by atoms with Gasteiger partial charge in [-0.1, -0.05) is 0 Å². The maximum absolute atomic E-state index is 12.6. The van der Waals surface area contributed by atoms with Crippen molar-refractivity contribution in [2.24, 2.45) is 0 Å². The Labute approximate surface area is 170 Å². The summed E-state index contributed by atoms with van der Waals surface area (Å²) in [7, 11) is 0. The molecule has 3 heterocycles. The average molecular weight is 390 g/mol. The summed E-state index contributed by atoms with van der Waals surface area (Å²) in [4.78, 5) is 21.8. The molecule has 0 atom stereocenters. The van der Waals surface area contributed by atoms with Crippen LogP contribution in [0.1, 0.15) is 44.3 Å². The molecule has 0 spiro atoms. The van der Waals surface area contributed by atoms with Crippen molar-refractivity contribution in [1.82, 2.24) is 19.7 Å². The van der Waals surface area contributed by atoms with Gasteiger partial charge in [0.05, 0.1) is 22.9 Å². The molecule has 0 bridgehead atoms. The van der Waals surface area contributed by atoms with E-state index >= 15 is 0 Å². The Kier molecular flexibility index (Phi) is 4.45. The van der Waals surface area contributed by atoms with Crippen molar-refractivity contribution in [1.29, 1.82) is 0 Å². The lowest BCUT2D eigenvalue weighted by Gasteiger charge is -2.36. The van der Waals surface area contributed by atoms with E-state index in [1.54, 1.807) is 10.9 Å². The summed E-state index contributed by atoms with van der Waals surface area (Å²) in [6, 6.07) is 10.3. The third kappa shape index (κ3) is 3.45. The molecule has 29 heavy (non-hydrogen) atoms. The summed E-state index contributed by atoms with van der Waals surface area (Å²) in [5.74, 6) is 1.60. The van der Waals surface area contributed by atoms with Crippen LogP contribution in [0.2, 0.25) is 0 Å². The zero-order valence-corrected chi connectivity index (χ0v) is 17.0. The average Bonchev–Trinajstić information content (AvgIpc) is 3.59. The predicted octanol–water partition coefficient (Wildman–Crippen LogP) is 2.97. The quantitative estimate of drug-likeness (QED) is 0.682. The molecule has 0 unspecified atom stereocenters. The van der Waals surface area contributed by atoms with Crippen molar-refractivity contribution in [2.45, 2.75) is 38.6 Å². The fourth-order valence-corrected chi connectivity index (χ4v) is 3.98. The lowest BCUT2D eigenvalue weighted by atomic mass is 10.2. The minimum Gasteiger partial charge on any atom is -0.368 e. The molecular weight excluding hydrogens is 364 g/mol. The van der Waals surface area contributed by atoms with E-state index in [1.165, 1.54) is 12.8 Å². The van der Waals surface area contributed by atoms with Crippen molar-refractivity contribution in [2.75, 3.05) is 36.0 Å². The molecule has 1 saturated carbocycles. The number of hydrogen-bond acceptors (Lipinski definition) is 6. The molecular formula is C22H26N6O. The van der Waals surface area contributed by atoms with Crippen LogP contribution in [0.15, 0.2) is 41.5 Å². The molecule has 0 amide bonds. The first-order valence-corrected chi connectivity index (χ1v) is 10.4. The number of hydrogen-bond donors (Lipinski definition) is 0. The minimum absolute atomic E-state index is 0.0228. The first-order chi connectivity index (χ1) is 14.1. The monoisotopic (exact) mass is 390 g/mol. The van der Waals surface area contributed by atoms with Gasteiger partial charge in [0.25, 0.3) is 5.56 Å². The van der Waals surface area contributed by atoms with E-state index in [4.69, 9.17) is 0 Å². The molecule has 1 aliphatic carbocycles. The smallest absolute Gasteiger partial charge is 0.261 e. The topological polar surface area (TPSA) is 67.2 Å². The second-order valence-electron chi connectivity index (χ2n) is 8.32. The van der Waals surface area contributed by atoms with Crippen LogP contribution in [0.3, 0.4) is 0 Å². The highest BCUT2D eigenvalue weighted by molar-refractivity contribution is 5.81. The van der Waals surface area contributed by atoms with Gasteiger partial charge >= 0.3 is 0 Å². The molecule has 0 N–H and O–H groups in total. The number of anilines is 2. The fraction of sp³-hybridized carbons (Fsp3) is 0.455. The number of rotatable bonds is 4. The van der Waals surface area contributed by atoms with E-state index < -0.39 is 0 Å². The number of benzene rings is 1. The first kappa shape index (κ1) is 18.1. The highest BCUT2D eigenvalue weighted by Gasteiger charge is 2.26. The Balaban J connectivity index is 1.30. The molecule has 5 rings (SSSR count). The molecule has 0 radical (unpaired) electrons. The standard InChI is InChI=1S/C22H26N6O/c1-15(2)28-14-23-20-13-17(5-6-18(20)22(28)29)26-9-11-27(12-10-26)21-8-7-19(24-25-21)16-3-4-16/h5-8,13-16H,3-4,9-12H2,1-2H3. The summed E-state index contributed by atoms with van der Waals surface area (Å²) in [5.41, 5.74) is 3.03. The van der Waals surface area contributed by atoms with Gasteiger partial charge in [-0.05, 0) is 57.0 Å². The maximum Gasteiger partial charge on any atom is 0.261 e. The summed E-state index contributed by atoms with van der Waals surface area (Å²) in [6.45, 7) is 7.59. The van der Waals surface area contributed by atoms with Gasteiger partial charge in [-0.3, -0.25) is 9.36 Å². The summed E-state index contributed by atoms with van der Waals surface area (Å²) in [6.07, 6.45) is 4.15. The maximum atomic E-state index is 12.6. The SMILES string of the molecule is CC(C)n1cnc2cc(N3CCN(c4ccc(C5CC5)nn4)CC3)ccc2c1=O. The number of fused-ring (bicyclic) bond motifs is 1. The van der Waals surface area contributed by atoms with Crippen LogP contribution in [0.5, 0.6) is 0 Å². The van der Waals surface area contributed by atoms with Gasteiger partial charge in [-0.2, -0.15) is 5.10 Å². The fourth-order valence-electron chi connectivity index (χ4n) is 3.98. The number of aromatic nitrogens is 4. The van der Waals surface area contributed by atoms with Gasteiger partial charge in [-0.15, -0.1) is 5.10 Å². The van der Waals surface area contributed by atoms with Crippen molar-refractivity contribution in [3.8, 4) is 0 Å². The van der Waals surface area contributed by atoms with Crippen LogP contribution in [0.4, 0.5) is 11.5 Å². The Morgan fingerprint density at radius 1 is 0.966 bits per heavy atom. The van der Waals surface area contributed by atoms with E-state index in [0.717, 1.165) is 48.9 Å². The molecule has 2 fully saturated rings. The molecule has 2 aromatic heterocycles. The van der Waals surface area contributed by atoms with Crippen LogP contribution in [-0.2, 0) is 0 Å². The van der Waals surface area contributed by atoms with E-state index in [2.05, 4.69) is 37.1 Å². The molecule has 7 nitrogen and oxygen atoms in total. The second-order valence-corrected chi connectivity index (χ2v) is 8.32. The van der Waals surface area contributed by atoms with Crippen LogP contribution >= 0.6 is 0 Å². The van der Waals surface area contributed by atoms with Gasteiger partial charge in [0.1, 0.15) is 0 Å². The van der Waals surface area contributed by atoms with E-state index in [1.807, 2.05) is 32.0 Å². The van der Waals surface area contributed by atoms with E-state index in [-0.39, 0.29) is 11.6 Å². The van der Waals surface area contributed by atoms with Crippen LogP contribution < -0.4 is 15.4 Å². The van der Waals surface area contributed by atoms with Gasteiger partial charge in [0, 0.05) is 43.8 Å². The third-order valence-corrected chi connectivity index (χ3v) is 5.96. The Morgan fingerprint density at radius 2 is 1.72 bits per heavy atom. The highest BCUT2D eigenvalue weighted by Crippen LogP contribution is 2.38. The Bertz CT molecular complexity index is 1080. The number of nitrogens with zero attached hydrogens (tertiary/aromatic N) is 6. The summed E-state index contributed by atoms with van der Waals surface area (Å²) in [5, 5.41) is 9.53. The van der Waals surface area contributed by atoms with Crippen molar-refractivity contribution >= 4 is 22.4 Å². The van der Waals surface area contributed by atoms with Crippen molar-refractivity contribution in [3.63, 3.8) is 0 Å². The van der Waals surface area contributed by atoms with Gasteiger partial charge < -0.3 is 9.80 Å². The van der Waals surface area contributed by atoms with Crippen LogP contribution in [-0.4, -0.2) is 45.9 Å². The lowest BCUT2D eigenvalue weighted by molar-refractivity contribution is 0.573. The van der Waals surface area contributed by atoms with Gasteiger partial charge in [0.2, 0.25) is 0 Å². The predicted molar refractivity (Wildman–Crippen MR) is 115 cm³/mol. The largest absolute Gasteiger partial charge is 0.368 e.